The number of amides is 1. The maximum Gasteiger partial charge on any atom is 0.416 e. The molecule has 0 saturated heterocycles. The molecule has 2 rings (SSSR count). The number of ether oxygens (including phenoxy) is 2. The van der Waals surface area contributed by atoms with Crippen LogP contribution in [0.5, 0.6) is 0 Å². The van der Waals surface area contributed by atoms with Crippen LogP contribution in [0.1, 0.15) is 55.0 Å². The van der Waals surface area contributed by atoms with Crippen molar-refractivity contribution in [2.75, 3.05) is 13.2 Å². The average molecular weight is 374 g/mol. The van der Waals surface area contributed by atoms with Crippen molar-refractivity contribution in [2.45, 2.75) is 52.4 Å². The van der Waals surface area contributed by atoms with Crippen LogP contribution < -0.4 is 0 Å². The number of carbonyl (C=O) groups excluding carboxylic acids is 2. The Hall–Kier alpha value is -2.32. The molecule has 0 aromatic carbocycles. The molecule has 144 valence electrons. The molecule has 0 radical (unpaired) electrons. The lowest BCUT2D eigenvalue weighted by Crippen LogP contribution is -2.41. The summed E-state index contributed by atoms with van der Waals surface area (Å²) in [7, 11) is 0. The Bertz CT molecular complexity index is 711. The second kappa shape index (κ2) is 7.13. The van der Waals surface area contributed by atoms with Crippen molar-refractivity contribution in [3.05, 3.63) is 28.6 Å². The van der Waals surface area contributed by atoms with Gasteiger partial charge in [0.1, 0.15) is 11.3 Å². The quantitative estimate of drug-likeness (QED) is 0.741. The van der Waals surface area contributed by atoms with Crippen molar-refractivity contribution >= 4 is 12.1 Å². The summed E-state index contributed by atoms with van der Waals surface area (Å²) < 4.78 is 50.2. The van der Waals surface area contributed by atoms with E-state index in [0.717, 1.165) is 0 Å². The SMILES string of the molecule is CCOC(=O)c1cc(C(F)(F)F)c2c(n1)CN(C(=O)OC(C)(C)C)CC2. The molecular weight excluding hydrogens is 353 g/mol. The highest BCUT2D eigenvalue weighted by Gasteiger charge is 2.38. The normalized spacial score (nSPS) is 14.7. The zero-order valence-corrected chi connectivity index (χ0v) is 15.1. The summed E-state index contributed by atoms with van der Waals surface area (Å²) in [6, 6.07) is 0.708. The third kappa shape index (κ3) is 4.64. The first-order valence-corrected chi connectivity index (χ1v) is 8.17. The molecule has 1 aliphatic heterocycles. The molecule has 2 heterocycles. The van der Waals surface area contributed by atoms with Gasteiger partial charge in [0.25, 0.3) is 0 Å². The first-order valence-electron chi connectivity index (χ1n) is 8.17. The molecule has 0 unspecified atom stereocenters. The highest BCUT2D eigenvalue weighted by atomic mass is 19.4. The van der Waals surface area contributed by atoms with E-state index in [2.05, 4.69) is 4.98 Å². The minimum absolute atomic E-state index is 0.00893. The van der Waals surface area contributed by atoms with Crippen molar-refractivity contribution in [1.29, 1.82) is 0 Å². The largest absolute Gasteiger partial charge is 0.461 e. The van der Waals surface area contributed by atoms with Crippen molar-refractivity contribution in [3.8, 4) is 0 Å². The van der Waals surface area contributed by atoms with Crippen molar-refractivity contribution < 1.29 is 32.2 Å². The van der Waals surface area contributed by atoms with E-state index < -0.39 is 35.1 Å². The molecule has 1 aromatic rings. The molecular formula is C17H21F3N2O4. The van der Waals surface area contributed by atoms with Gasteiger partial charge in [-0.1, -0.05) is 0 Å². The molecule has 0 atom stereocenters. The van der Waals surface area contributed by atoms with Crippen LogP contribution in [0, 0.1) is 0 Å². The summed E-state index contributed by atoms with van der Waals surface area (Å²) in [4.78, 5) is 29.3. The van der Waals surface area contributed by atoms with E-state index in [1.807, 2.05) is 0 Å². The van der Waals surface area contributed by atoms with Gasteiger partial charge in [0.2, 0.25) is 0 Å². The maximum atomic E-state index is 13.4. The smallest absolute Gasteiger partial charge is 0.416 e. The summed E-state index contributed by atoms with van der Waals surface area (Å²) in [5.74, 6) is -0.935. The second-order valence-electron chi connectivity index (χ2n) is 6.85. The van der Waals surface area contributed by atoms with Gasteiger partial charge in [0.15, 0.2) is 0 Å². The molecule has 0 saturated carbocycles. The summed E-state index contributed by atoms with van der Waals surface area (Å²) in [6.07, 6.45) is -5.30. The Morgan fingerprint density at radius 3 is 2.46 bits per heavy atom. The molecule has 9 heteroatoms. The number of nitrogens with zero attached hydrogens (tertiary/aromatic N) is 2. The van der Waals surface area contributed by atoms with Gasteiger partial charge in [0, 0.05) is 6.54 Å². The molecule has 1 aromatic heterocycles. The third-order valence-corrected chi connectivity index (χ3v) is 3.62. The van der Waals surface area contributed by atoms with Crippen molar-refractivity contribution in [2.24, 2.45) is 0 Å². The van der Waals surface area contributed by atoms with Gasteiger partial charge < -0.3 is 14.4 Å². The predicted molar refractivity (Wildman–Crippen MR) is 85.5 cm³/mol. The average Bonchev–Trinajstić information content (AvgIpc) is 2.50. The van der Waals surface area contributed by atoms with E-state index in [1.165, 1.54) is 4.90 Å². The minimum Gasteiger partial charge on any atom is -0.461 e. The summed E-state index contributed by atoms with van der Waals surface area (Å²) in [5.41, 5.74) is -2.06. The summed E-state index contributed by atoms with van der Waals surface area (Å²) in [6.45, 7) is 6.56. The number of pyridine rings is 1. The zero-order valence-electron chi connectivity index (χ0n) is 15.1. The number of hydrogen-bond acceptors (Lipinski definition) is 5. The second-order valence-corrected chi connectivity index (χ2v) is 6.85. The van der Waals surface area contributed by atoms with E-state index in [0.29, 0.717) is 6.07 Å². The van der Waals surface area contributed by atoms with Crippen LogP contribution in [0.2, 0.25) is 0 Å². The number of hydrogen-bond donors (Lipinski definition) is 0. The number of fused-ring (bicyclic) bond motifs is 1. The predicted octanol–water partition coefficient (Wildman–Crippen LogP) is 3.57. The van der Waals surface area contributed by atoms with Crippen LogP contribution >= 0.6 is 0 Å². The number of aromatic nitrogens is 1. The van der Waals surface area contributed by atoms with Crippen LogP contribution in [-0.4, -0.2) is 40.7 Å². The fraction of sp³-hybridized carbons (Fsp3) is 0.588. The number of alkyl halides is 3. The Balaban J connectivity index is 2.39. The molecule has 0 bridgehead atoms. The number of esters is 1. The standard InChI is InChI=1S/C17H21F3N2O4/c1-5-25-14(23)12-8-11(17(18,19)20)10-6-7-22(9-13(10)21-12)15(24)26-16(2,3)4/h8H,5-7,9H2,1-4H3. The van der Waals surface area contributed by atoms with Crippen LogP contribution in [0.25, 0.3) is 0 Å². The van der Waals surface area contributed by atoms with Crippen molar-refractivity contribution in [3.63, 3.8) is 0 Å². The lowest BCUT2D eigenvalue weighted by Gasteiger charge is -2.31. The Labute approximate surface area is 149 Å². The molecule has 26 heavy (non-hydrogen) atoms. The van der Waals surface area contributed by atoms with E-state index in [9.17, 15) is 22.8 Å². The number of halogens is 3. The summed E-state index contributed by atoms with van der Waals surface area (Å²) in [5, 5.41) is 0. The molecule has 0 N–H and O–H groups in total. The lowest BCUT2D eigenvalue weighted by atomic mass is 9.97. The van der Waals surface area contributed by atoms with Gasteiger partial charge >= 0.3 is 18.2 Å². The topological polar surface area (TPSA) is 68.7 Å². The van der Waals surface area contributed by atoms with Crippen LogP contribution in [0.3, 0.4) is 0 Å². The van der Waals surface area contributed by atoms with Gasteiger partial charge in [-0.25, -0.2) is 14.6 Å². The fourth-order valence-corrected chi connectivity index (χ4v) is 2.59. The van der Waals surface area contributed by atoms with Gasteiger partial charge in [0.05, 0.1) is 24.4 Å². The Kier molecular flexibility index (Phi) is 5.48. The monoisotopic (exact) mass is 374 g/mol. The molecule has 0 aliphatic carbocycles. The van der Waals surface area contributed by atoms with E-state index in [-0.39, 0.29) is 37.4 Å². The third-order valence-electron chi connectivity index (χ3n) is 3.62. The number of rotatable bonds is 2. The molecule has 6 nitrogen and oxygen atoms in total. The van der Waals surface area contributed by atoms with Crippen LogP contribution in [0.15, 0.2) is 6.07 Å². The lowest BCUT2D eigenvalue weighted by molar-refractivity contribution is -0.138. The number of carbonyl (C=O) groups is 2. The Morgan fingerprint density at radius 2 is 1.92 bits per heavy atom. The van der Waals surface area contributed by atoms with E-state index in [4.69, 9.17) is 9.47 Å². The van der Waals surface area contributed by atoms with E-state index in [1.54, 1.807) is 27.7 Å². The van der Waals surface area contributed by atoms with Crippen LogP contribution in [0.4, 0.5) is 18.0 Å². The highest BCUT2D eigenvalue weighted by molar-refractivity contribution is 5.87. The molecule has 1 amide bonds. The maximum absolute atomic E-state index is 13.4. The van der Waals surface area contributed by atoms with Crippen LogP contribution in [-0.2, 0) is 28.6 Å². The van der Waals surface area contributed by atoms with Gasteiger partial charge in [-0.2, -0.15) is 13.2 Å². The molecule has 1 aliphatic rings. The van der Waals surface area contributed by atoms with E-state index >= 15 is 0 Å². The molecule has 0 spiro atoms. The van der Waals surface area contributed by atoms with Crippen molar-refractivity contribution in [1.82, 2.24) is 9.88 Å². The van der Waals surface area contributed by atoms with Gasteiger partial charge in [-0.3, -0.25) is 0 Å². The molecule has 0 fully saturated rings. The van der Waals surface area contributed by atoms with Gasteiger partial charge in [-0.15, -0.1) is 0 Å². The van der Waals surface area contributed by atoms with Gasteiger partial charge in [-0.05, 0) is 45.7 Å². The first-order chi connectivity index (χ1) is 11.9. The Morgan fingerprint density at radius 1 is 1.27 bits per heavy atom. The zero-order chi connectivity index (χ0) is 19.7. The minimum atomic E-state index is -4.64. The fourth-order valence-electron chi connectivity index (χ4n) is 2.59. The first kappa shape index (κ1) is 20.0. The summed E-state index contributed by atoms with van der Waals surface area (Å²) >= 11 is 0. The highest BCUT2D eigenvalue weighted by Crippen LogP contribution is 2.36.